The number of nitrogens with zero attached hydrogens (tertiary/aromatic N) is 2. The molecular formula is C19H25N3O2. The van der Waals surface area contributed by atoms with Crippen LogP contribution >= 0.6 is 0 Å². The van der Waals surface area contributed by atoms with Gasteiger partial charge in [-0.2, -0.15) is 0 Å². The van der Waals surface area contributed by atoms with Gasteiger partial charge < -0.3 is 10.6 Å². The molecule has 5 nitrogen and oxygen atoms in total. The van der Waals surface area contributed by atoms with Gasteiger partial charge in [0.15, 0.2) is 0 Å². The van der Waals surface area contributed by atoms with Gasteiger partial charge in [-0.3, -0.25) is 14.5 Å². The summed E-state index contributed by atoms with van der Waals surface area (Å²) in [5.74, 6) is -0.431. The summed E-state index contributed by atoms with van der Waals surface area (Å²) in [6, 6.07) is 10.3. The molecule has 1 aromatic rings. The average molecular weight is 327 g/mol. The Kier molecular flexibility index (Phi) is 4.04. The Morgan fingerprint density at radius 2 is 1.79 bits per heavy atom. The Morgan fingerprint density at radius 1 is 1.08 bits per heavy atom. The lowest BCUT2D eigenvalue weighted by Crippen LogP contribution is -2.56. The molecule has 2 amide bonds. The number of carbonyl (C=O) groups excluding carboxylic acids is 2. The molecule has 1 saturated carbocycles. The third kappa shape index (κ3) is 2.61. The zero-order valence-corrected chi connectivity index (χ0v) is 13.9. The molecule has 3 atom stereocenters. The highest BCUT2D eigenvalue weighted by Gasteiger charge is 2.50. The Bertz CT molecular complexity index is 627. The molecule has 128 valence electrons. The van der Waals surface area contributed by atoms with E-state index < -0.39 is 0 Å². The second kappa shape index (κ2) is 6.20. The number of piperazine rings is 1. The van der Waals surface area contributed by atoms with Gasteiger partial charge in [0.25, 0.3) is 0 Å². The van der Waals surface area contributed by atoms with Crippen molar-refractivity contribution in [2.24, 2.45) is 11.7 Å². The summed E-state index contributed by atoms with van der Waals surface area (Å²) in [4.78, 5) is 29.3. The smallest absolute Gasteiger partial charge is 0.237 e. The first kappa shape index (κ1) is 15.6. The highest BCUT2D eigenvalue weighted by molar-refractivity contribution is 5.84. The molecule has 2 heterocycles. The van der Waals surface area contributed by atoms with Crippen LogP contribution in [-0.2, 0) is 9.59 Å². The van der Waals surface area contributed by atoms with E-state index in [-0.39, 0.29) is 29.8 Å². The lowest BCUT2D eigenvalue weighted by Gasteiger charge is -2.42. The summed E-state index contributed by atoms with van der Waals surface area (Å²) in [6.45, 7) is 1.36. The molecule has 2 saturated heterocycles. The van der Waals surface area contributed by atoms with Gasteiger partial charge in [0.2, 0.25) is 11.8 Å². The predicted octanol–water partition coefficient (Wildman–Crippen LogP) is 1.69. The first-order valence-electron chi connectivity index (χ1n) is 9.04. The summed E-state index contributed by atoms with van der Waals surface area (Å²) < 4.78 is 0. The third-order valence-electron chi connectivity index (χ3n) is 6.02. The van der Waals surface area contributed by atoms with Gasteiger partial charge in [0.05, 0.1) is 18.5 Å². The van der Waals surface area contributed by atoms with Crippen LogP contribution in [0.5, 0.6) is 0 Å². The number of benzene rings is 1. The number of amides is 2. The van der Waals surface area contributed by atoms with Crippen LogP contribution in [0.25, 0.3) is 0 Å². The van der Waals surface area contributed by atoms with Crippen molar-refractivity contribution < 1.29 is 9.59 Å². The first-order chi connectivity index (χ1) is 11.6. The summed E-state index contributed by atoms with van der Waals surface area (Å²) in [5, 5.41) is 0. The maximum atomic E-state index is 12.9. The molecule has 2 N–H and O–H groups in total. The van der Waals surface area contributed by atoms with Gasteiger partial charge in [-0.25, -0.2) is 0 Å². The lowest BCUT2D eigenvalue weighted by molar-refractivity contribution is -0.142. The standard InChI is InChI=1S/C19H25N3O2/c20-19(24)16-10-15-11-21(14-8-4-5-9-14)12-17(23)22(15)18(16)13-6-2-1-3-7-13/h1-3,6-7,14-16,18H,4-5,8-12H2,(H2,20,24)/t15-,16-,18-/m1/s1. The van der Waals surface area contributed by atoms with Crippen LogP contribution in [0, 0.1) is 5.92 Å². The molecule has 2 aliphatic heterocycles. The Labute approximate surface area is 142 Å². The second-order valence-electron chi connectivity index (χ2n) is 7.42. The number of nitrogens with two attached hydrogens (primary N) is 1. The van der Waals surface area contributed by atoms with Gasteiger partial charge in [0, 0.05) is 18.6 Å². The molecule has 0 bridgehead atoms. The van der Waals surface area contributed by atoms with E-state index in [1.807, 2.05) is 35.2 Å². The molecule has 1 aliphatic carbocycles. The molecule has 4 rings (SSSR count). The van der Waals surface area contributed by atoms with Crippen molar-refractivity contribution in [2.75, 3.05) is 13.1 Å². The van der Waals surface area contributed by atoms with Crippen LogP contribution in [0.2, 0.25) is 0 Å². The predicted molar refractivity (Wildman–Crippen MR) is 90.9 cm³/mol. The average Bonchev–Trinajstić information content (AvgIpc) is 3.23. The summed E-state index contributed by atoms with van der Waals surface area (Å²) in [5.41, 5.74) is 6.71. The second-order valence-corrected chi connectivity index (χ2v) is 7.42. The topological polar surface area (TPSA) is 66.6 Å². The zero-order chi connectivity index (χ0) is 16.7. The minimum Gasteiger partial charge on any atom is -0.369 e. The van der Waals surface area contributed by atoms with Crippen LogP contribution < -0.4 is 5.73 Å². The molecular weight excluding hydrogens is 302 g/mol. The minimum absolute atomic E-state index is 0.106. The molecule has 0 aromatic heterocycles. The highest BCUT2D eigenvalue weighted by Crippen LogP contribution is 2.43. The van der Waals surface area contributed by atoms with Crippen LogP contribution in [0.15, 0.2) is 30.3 Å². The van der Waals surface area contributed by atoms with E-state index in [2.05, 4.69) is 4.90 Å². The molecule has 0 radical (unpaired) electrons. The van der Waals surface area contributed by atoms with Gasteiger partial charge >= 0.3 is 0 Å². The summed E-state index contributed by atoms with van der Waals surface area (Å²) in [6.07, 6.45) is 5.60. The molecule has 3 fully saturated rings. The highest BCUT2D eigenvalue weighted by atomic mass is 16.2. The molecule has 1 aromatic carbocycles. The van der Waals surface area contributed by atoms with Crippen LogP contribution in [0.3, 0.4) is 0 Å². The van der Waals surface area contributed by atoms with E-state index in [1.54, 1.807) is 0 Å². The lowest BCUT2D eigenvalue weighted by atomic mass is 9.92. The van der Waals surface area contributed by atoms with Crippen molar-refractivity contribution in [3.8, 4) is 0 Å². The van der Waals surface area contributed by atoms with Crippen molar-refractivity contribution in [2.45, 2.75) is 50.2 Å². The van der Waals surface area contributed by atoms with Crippen LogP contribution in [-0.4, -0.2) is 46.8 Å². The Balaban J connectivity index is 1.62. The van der Waals surface area contributed by atoms with E-state index in [0.29, 0.717) is 19.0 Å². The Hall–Kier alpha value is -1.88. The number of hydrogen-bond donors (Lipinski definition) is 1. The van der Waals surface area contributed by atoms with Crippen LogP contribution in [0.1, 0.15) is 43.7 Å². The third-order valence-corrected chi connectivity index (χ3v) is 6.02. The minimum atomic E-state index is -0.293. The van der Waals surface area contributed by atoms with Crippen molar-refractivity contribution >= 4 is 11.8 Å². The van der Waals surface area contributed by atoms with Crippen molar-refractivity contribution in [3.05, 3.63) is 35.9 Å². The number of rotatable bonds is 3. The van der Waals surface area contributed by atoms with E-state index in [1.165, 1.54) is 25.7 Å². The zero-order valence-electron chi connectivity index (χ0n) is 13.9. The van der Waals surface area contributed by atoms with Crippen molar-refractivity contribution in [1.29, 1.82) is 0 Å². The van der Waals surface area contributed by atoms with Gasteiger partial charge in [-0.1, -0.05) is 43.2 Å². The molecule has 5 heteroatoms. The number of carbonyl (C=O) groups is 2. The Morgan fingerprint density at radius 3 is 2.46 bits per heavy atom. The first-order valence-corrected chi connectivity index (χ1v) is 9.04. The maximum absolute atomic E-state index is 12.9. The molecule has 0 unspecified atom stereocenters. The van der Waals surface area contributed by atoms with Gasteiger partial charge in [-0.15, -0.1) is 0 Å². The van der Waals surface area contributed by atoms with Gasteiger partial charge in [-0.05, 0) is 24.8 Å². The maximum Gasteiger partial charge on any atom is 0.237 e. The largest absolute Gasteiger partial charge is 0.369 e. The molecule has 0 spiro atoms. The fourth-order valence-electron chi connectivity index (χ4n) is 4.93. The van der Waals surface area contributed by atoms with Crippen LogP contribution in [0.4, 0.5) is 0 Å². The number of fused-ring (bicyclic) bond motifs is 1. The fraction of sp³-hybridized carbons (Fsp3) is 0.579. The van der Waals surface area contributed by atoms with Crippen molar-refractivity contribution in [1.82, 2.24) is 9.80 Å². The molecule has 24 heavy (non-hydrogen) atoms. The summed E-state index contributed by atoms with van der Waals surface area (Å²) in [7, 11) is 0. The SMILES string of the molecule is NC(=O)[C@@H]1C[C@@H]2CN(C3CCCC3)CC(=O)N2[C@@H]1c1ccccc1. The van der Waals surface area contributed by atoms with Gasteiger partial charge in [0.1, 0.15) is 0 Å². The monoisotopic (exact) mass is 327 g/mol. The fourth-order valence-corrected chi connectivity index (χ4v) is 4.93. The number of hydrogen-bond acceptors (Lipinski definition) is 3. The molecule has 3 aliphatic rings. The van der Waals surface area contributed by atoms with E-state index >= 15 is 0 Å². The van der Waals surface area contributed by atoms with E-state index in [4.69, 9.17) is 5.73 Å². The van der Waals surface area contributed by atoms with Crippen molar-refractivity contribution in [3.63, 3.8) is 0 Å². The van der Waals surface area contributed by atoms with E-state index in [0.717, 1.165) is 12.1 Å². The normalized spacial score (nSPS) is 31.4. The van der Waals surface area contributed by atoms with E-state index in [9.17, 15) is 9.59 Å². The quantitative estimate of drug-likeness (QED) is 0.919. The number of primary amides is 1. The summed E-state index contributed by atoms with van der Waals surface area (Å²) >= 11 is 0.